The van der Waals surface area contributed by atoms with Crippen LogP contribution in [0.25, 0.3) is 0 Å². The third-order valence-corrected chi connectivity index (χ3v) is 2.81. The molecule has 1 heterocycles. The number of nitrogens with one attached hydrogen (secondary N) is 1. The Morgan fingerprint density at radius 1 is 1.36 bits per heavy atom. The van der Waals surface area contributed by atoms with Gasteiger partial charge in [0.25, 0.3) is 0 Å². The summed E-state index contributed by atoms with van der Waals surface area (Å²) >= 11 is 0. The molecule has 11 heavy (non-hydrogen) atoms. The largest absolute Gasteiger partial charge is 0.315 e. The Hall–Kier alpha value is -0.0800. The van der Waals surface area contributed by atoms with E-state index in [-0.39, 0.29) is 0 Å². The van der Waals surface area contributed by atoms with Gasteiger partial charge in [-0.2, -0.15) is 0 Å². The summed E-state index contributed by atoms with van der Waals surface area (Å²) in [6, 6.07) is 1.41. The van der Waals surface area contributed by atoms with E-state index in [1.54, 1.807) is 0 Å². The van der Waals surface area contributed by atoms with Gasteiger partial charge >= 0.3 is 0 Å². The molecule has 0 aromatic heterocycles. The summed E-state index contributed by atoms with van der Waals surface area (Å²) in [7, 11) is 2.22. The fourth-order valence-corrected chi connectivity index (χ4v) is 1.72. The first kappa shape index (κ1) is 9.01. The molecule has 0 spiro atoms. The minimum Gasteiger partial charge on any atom is -0.315 e. The molecule has 1 aliphatic rings. The van der Waals surface area contributed by atoms with Gasteiger partial charge in [-0.1, -0.05) is 6.92 Å². The van der Waals surface area contributed by atoms with Crippen molar-refractivity contribution in [1.82, 2.24) is 10.2 Å². The van der Waals surface area contributed by atoms with Crippen LogP contribution in [-0.4, -0.2) is 37.1 Å². The molecular formula is C9H20N2. The maximum atomic E-state index is 3.42. The van der Waals surface area contributed by atoms with E-state index in [4.69, 9.17) is 0 Å². The van der Waals surface area contributed by atoms with E-state index in [1.807, 2.05) is 0 Å². The number of rotatable bonds is 2. The number of hydrogen-bond donors (Lipinski definition) is 1. The Labute approximate surface area is 70.0 Å². The third-order valence-electron chi connectivity index (χ3n) is 2.81. The molecule has 1 rings (SSSR count). The van der Waals surface area contributed by atoms with Crippen molar-refractivity contribution >= 4 is 0 Å². The van der Waals surface area contributed by atoms with Crippen molar-refractivity contribution < 1.29 is 0 Å². The van der Waals surface area contributed by atoms with Crippen LogP contribution in [-0.2, 0) is 0 Å². The lowest BCUT2D eigenvalue weighted by Gasteiger charge is -2.30. The molecule has 0 saturated carbocycles. The quantitative estimate of drug-likeness (QED) is 0.640. The molecular weight excluding hydrogens is 136 g/mol. The van der Waals surface area contributed by atoms with E-state index >= 15 is 0 Å². The van der Waals surface area contributed by atoms with Gasteiger partial charge in [0.1, 0.15) is 0 Å². The minimum absolute atomic E-state index is 0.669. The van der Waals surface area contributed by atoms with Crippen LogP contribution in [0.4, 0.5) is 0 Å². The molecule has 0 aliphatic carbocycles. The summed E-state index contributed by atoms with van der Waals surface area (Å²) in [6.45, 7) is 9.18. The van der Waals surface area contributed by atoms with Crippen molar-refractivity contribution in [1.29, 1.82) is 0 Å². The summed E-state index contributed by atoms with van der Waals surface area (Å²) in [6.07, 6.45) is 0. The van der Waals surface area contributed by atoms with Crippen LogP contribution in [0.1, 0.15) is 20.8 Å². The topological polar surface area (TPSA) is 15.3 Å². The Kier molecular flexibility index (Phi) is 2.90. The third kappa shape index (κ3) is 1.94. The maximum Gasteiger partial charge on any atom is 0.0257 e. The molecule has 66 valence electrons. The van der Waals surface area contributed by atoms with Gasteiger partial charge < -0.3 is 5.32 Å². The van der Waals surface area contributed by atoms with Crippen molar-refractivity contribution in [3.63, 3.8) is 0 Å². The van der Waals surface area contributed by atoms with E-state index in [2.05, 4.69) is 38.0 Å². The molecule has 2 nitrogen and oxygen atoms in total. The summed E-state index contributed by atoms with van der Waals surface area (Å²) < 4.78 is 0. The zero-order chi connectivity index (χ0) is 8.43. The maximum absolute atomic E-state index is 3.42. The fraction of sp³-hybridized carbons (Fsp3) is 1.00. The SMILES string of the molecule is CC(C)N(C)[C@@H]1CNC[C@@H]1C. The van der Waals surface area contributed by atoms with Crippen LogP contribution >= 0.6 is 0 Å². The average Bonchev–Trinajstić information content (AvgIpc) is 2.33. The number of likely N-dealkylation sites (N-methyl/N-ethyl adjacent to an activating group) is 1. The highest BCUT2D eigenvalue weighted by Crippen LogP contribution is 2.15. The monoisotopic (exact) mass is 156 g/mol. The standard InChI is InChI=1S/C9H20N2/c1-7(2)11(4)9-6-10-5-8(9)3/h7-10H,5-6H2,1-4H3/t8-,9+/m0/s1. The lowest BCUT2D eigenvalue weighted by atomic mass is 10.0. The Morgan fingerprint density at radius 2 is 2.00 bits per heavy atom. The van der Waals surface area contributed by atoms with Crippen molar-refractivity contribution in [3.8, 4) is 0 Å². The molecule has 1 N–H and O–H groups in total. The normalized spacial score (nSPS) is 32.2. The minimum atomic E-state index is 0.669. The van der Waals surface area contributed by atoms with Crippen molar-refractivity contribution in [2.45, 2.75) is 32.9 Å². The Bertz CT molecular complexity index is 123. The van der Waals surface area contributed by atoms with Crippen LogP contribution in [0.15, 0.2) is 0 Å². The van der Waals surface area contributed by atoms with Crippen LogP contribution < -0.4 is 5.32 Å². The molecule has 1 fully saturated rings. The highest BCUT2D eigenvalue weighted by Gasteiger charge is 2.27. The molecule has 0 aromatic carbocycles. The molecule has 2 atom stereocenters. The summed E-state index contributed by atoms with van der Waals surface area (Å²) in [5, 5.41) is 3.42. The van der Waals surface area contributed by atoms with Gasteiger partial charge in [-0.15, -0.1) is 0 Å². The Morgan fingerprint density at radius 3 is 2.36 bits per heavy atom. The first-order valence-electron chi connectivity index (χ1n) is 4.55. The molecule has 0 bridgehead atoms. The number of nitrogens with zero attached hydrogens (tertiary/aromatic N) is 1. The van der Waals surface area contributed by atoms with Gasteiger partial charge in [-0.05, 0) is 33.4 Å². The van der Waals surface area contributed by atoms with Gasteiger partial charge in [-0.3, -0.25) is 4.90 Å². The summed E-state index contributed by atoms with van der Waals surface area (Å²) in [5.41, 5.74) is 0. The summed E-state index contributed by atoms with van der Waals surface area (Å²) in [4.78, 5) is 2.46. The first-order valence-corrected chi connectivity index (χ1v) is 4.55. The van der Waals surface area contributed by atoms with Crippen LogP contribution in [0.2, 0.25) is 0 Å². The lowest BCUT2D eigenvalue weighted by molar-refractivity contribution is 0.177. The van der Waals surface area contributed by atoms with Crippen LogP contribution in [0.3, 0.4) is 0 Å². The zero-order valence-electron chi connectivity index (χ0n) is 8.09. The number of hydrogen-bond acceptors (Lipinski definition) is 2. The van der Waals surface area contributed by atoms with E-state index in [0.717, 1.165) is 18.5 Å². The molecule has 0 radical (unpaired) electrons. The van der Waals surface area contributed by atoms with E-state index in [0.29, 0.717) is 6.04 Å². The lowest BCUT2D eigenvalue weighted by Crippen LogP contribution is -2.41. The van der Waals surface area contributed by atoms with Gasteiger partial charge in [-0.25, -0.2) is 0 Å². The smallest absolute Gasteiger partial charge is 0.0257 e. The van der Waals surface area contributed by atoms with Gasteiger partial charge in [0, 0.05) is 18.6 Å². The molecule has 0 amide bonds. The highest BCUT2D eigenvalue weighted by molar-refractivity contribution is 4.85. The molecule has 0 unspecified atom stereocenters. The van der Waals surface area contributed by atoms with Crippen molar-refractivity contribution in [2.24, 2.45) is 5.92 Å². The molecule has 0 aromatic rings. The van der Waals surface area contributed by atoms with Gasteiger partial charge in [0.05, 0.1) is 0 Å². The van der Waals surface area contributed by atoms with E-state index < -0.39 is 0 Å². The second-order valence-corrected chi connectivity index (χ2v) is 3.96. The average molecular weight is 156 g/mol. The molecule has 1 aliphatic heterocycles. The van der Waals surface area contributed by atoms with Crippen LogP contribution in [0.5, 0.6) is 0 Å². The molecule has 2 heteroatoms. The molecule has 1 saturated heterocycles. The van der Waals surface area contributed by atoms with E-state index in [1.165, 1.54) is 6.54 Å². The van der Waals surface area contributed by atoms with Crippen molar-refractivity contribution in [3.05, 3.63) is 0 Å². The second-order valence-electron chi connectivity index (χ2n) is 3.96. The van der Waals surface area contributed by atoms with Gasteiger partial charge in [0.2, 0.25) is 0 Å². The predicted octanol–water partition coefficient (Wildman–Crippen LogP) is 0.935. The first-order chi connectivity index (χ1) is 5.13. The second kappa shape index (κ2) is 3.55. The Balaban J connectivity index is 2.45. The summed E-state index contributed by atoms with van der Waals surface area (Å²) in [5.74, 6) is 0.808. The highest BCUT2D eigenvalue weighted by atomic mass is 15.2. The van der Waals surface area contributed by atoms with E-state index in [9.17, 15) is 0 Å². The van der Waals surface area contributed by atoms with Crippen LogP contribution in [0, 0.1) is 5.92 Å². The van der Waals surface area contributed by atoms with Crippen molar-refractivity contribution in [2.75, 3.05) is 20.1 Å². The zero-order valence-corrected chi connectivity index (χ0v) is 8.09. The predicted molar refractivity (Wildman–Crippen MR) is 48.7 cm³/mol. The fourth-order valence-electron chi connectivity index (χ4n) is 1.72. The van der Waals surface area contributed by atoms with Gasteiger partial charge in [0.15, 0.2) is 0 Å².